The number of nitrogens with zero attached hydrogens (tertiary/aromatic N) is 4. The molecule has 2 aliphatic heterocycles. The van der Waals surface area contributed by atoms with Crippen molar-refractivity contribution in [1.82, 2.24) is 25.0 Å². The van der Waals surface area contributed by atoms with Crippen molar-refractivity contribution in [3.05, 3.63) is 30.1 Å². The Kier molecular flexibility index (Phi) is 7.00. The molecule has 1 atom stereocenters. The van der Waals surface area contributed by atoms with Crippen LogP contribution in [0.4, 0.5) is 4.79 Å². The minimum atomic E-state index is -0.0289. The topological polar surface area (TPSA) is 78.0 Å². The molecule has 3 rings (SSSR count). The second kappa shape index (κ2) is 9.66. The summed E-state index contributed by atoms with van der Waals surface area (Å²) in [7, 11) is 1.63. The highest BCUT2D eigenvalue weighted by Gasteiger charge is 2.30. The first-order chi connectivity index (χ1) is 13.2. The number of hydrogen-bond acceptors (Lipinski definition) is 5. The number of rotatable bonds is 7. The van der Waals surface area contributed by atoms with Crippen molar-refractivity contribution < 1.29 is 14.3 Å². The maximum Gasteiger partial charge on any atom is 0.317 e. The molecule has 3 heterocycles. The molecule has 148 valence electrons. The molecule has 0 spiro atoms. The Morgan fingerprint density at radius 3 is 2.85 bits per heavy atom. The number of urea groups is 1. The minimum absolute atomic E-state index is 0.0289. The van der Waals surface area contributed by atoms with Crippen molar-refractivity contribution in [1.29, 1.82) is 0 Å². The second-order valence-corrected chi connectivity index (χ2v) is 7.21. The van der Waals surface area contributed by atoms with Crippen LogP contribution in [0.15, 0.2) is 24.5 Å². The van der Waals surface area contributed by atoms with E-state index in [9.17, 15) is 9.59 Å². The van der Waals surface area contributed by atoms with E-state index in [0.29, 0.717) is 32.7 Å². The van der Waals surface area contributed by atoms with Crippen LogP contribution >= 0.6 is 0 Å². The average molecular weight is 375 g/mol. The fourth-order valence-electron chi connectivity index (χ4n) is 3.61. The predicted octanol–water partition coefficient (Wildman–Crippen LogP) is 0.404. The molecule has 0 radical (unpaired) electrons. The van der Waals surface area contributed by atoms with E-state index in [1.165, 1.54) is 5.56 Å². The lowest BCUT2D eigenvalue weighted by Gasteiger charge is -2.34. The van der Waals surface area contributed by atoms with Crippen LogP contribution in [0.3, 0.4) is 0 Å². The van der Waals surface area contributed by atoms with E-state index in [0.717, 1.165) is 32.7 Å². The third kappa shape index (κ3) is 5.64. The van der Waals surface area contributed by atoms with Crippen LogP contribution in [0.1, 0.15) is 12.0 Å². The summed E-state index contributed by atoms with van der Waals surface area (Å²) in [5, 5.41) is 3.00. The normalized spacial score (nSPS) is 20.9. The number of pyridine rings is 1. The van der Waals surface area contributed by atoms with Crippen LogP contribution in [0, 0.1) is 5.92 Å². The highest BCUT2D eigenvalue weighted by atomic mass is 16.5. The van der Waals surface area contributed by atoms with Gasteiger partial charge in [0.05, 0.1) is 6.61 Å². The van der Waals surface area contributed by atoms with Gasteiger partial charge >= 0.3 is 6.03 Å². The van der Waals surface area contributed by atoms with Crippen molar-refractivity contribution in [2.45, 2.75) is 13.0 Å². The number of carbonyl (C=O) groups excluding carboxylic acids is 2. The summed E-state index contributed by atoms with van der Waals surface area (Å²) in [5.41, 5.74) is 1.19. The summed E-state index contributed by atoms with van der Waals surface area (Å²) >= 11 is 0. The van der Waals surface area contributed by atoms with Crippen molar-refractivity contribution in [3.8, 4) is 0 Å². The van der Waals surface area contributed by atoms with Gasteiger partial charge in [-0.25, -0.2) is 4.79 Å². The third-order valence-corrected chi connectivity index (χ3v) is 5.19. The van der Waals surface area contributed by atoms with Gasteiger partial charge in [0.15, 0.2) is 0 Å². The minimum Gasteiger partial charge on any atom is -0.383 e. The van der Waals surface area contributed by atoms with Crippen molar-refractivity contribution >= 4 is 11.9 Å². The van der Waals surface area contributed by atoms with Crippen LogP contribution in [0.5, 0.6) is 0 Å². The fraction of sp³-hybridized carbons (Fsp3) is 0.632. The molecule has 0 aromatic carbocycles. The van der Waals surface area contributed by atoms with Gasteiger partial charge in [0.2, 0.25) is 5.91 Å². The Labute approximate surface area is 160 Å². The molecule has 0 unspecified atom stereocenters. The molecular formula is C19H29N5O3. The number of methoxy groups -OCH3 is 1. The van der Waals surface area contributed by atoms with E-state index >= 15 is 0 Å². The zero-order chi connectivity index (χ0) is 19.1. The lowest BCUT2D eigenvalue weighted by Crippen LogP contribution is -2.52. The number of piperazine rings is 1. The molecule has 0 aliphatic carbocycles. The lowest BCUT2D eigenvalue weighted by atomic mass is 10.1. The summed E-state index contributed by atoms with van der Waals surface area (Å²) < 4.78 is 5.03. The first kappa shape index (κ1) is 19.6. The number of likely N-dealkylation sites (tertiary alicyclic amines) is 1. The van der Waals surface area contributed by atoms with E-state index in [1.54, 1.807) is 13.3 Å². The molecule has 0 saturated carbocycles. The first-order valence-electron chi connectivity index (χ1n) is 9.56. The fourth-order valence-corrected chi connectivity index (χ4v) is 3.61. The summed E-state index contributed by atoms with van der Waals surface area (Å²) in [5.74, 6) is 0.334. The van der Waals surface area contributed by atoms with E-state index in [2.05, 4.69) is 21.3 Å². The smallest absolute Gasteiger partial charge is 0.317 e. The number of hydrogen-bond donors (Lipinski definition) is 1. The van der Waals surface area contributed by atoms with Crippen molar-refractivity contribution in [2.75, 3.05) is 59.5 Å². The van der Waals surface area contributed by atoms with Crippen LogP contribution in [-0.4, -0.2) is 91.2 Å². The van der Waals surface area contributed by atoms with Gasteiger partial charge in [-0.05, 0) is 11.6 Å². The Bertz CT molecular complexity index is 619. The van der Waals surface area contributed by atoms with Crippen molar-refractivity contribution in [2.24, 2.45) is 5.92 Å². The van der Waals surface area contributed by atoms with Gasteiger partial charge in [-0.1, -0.05) is 6.07 Å². The summed E-state index contributed by atoms with van der Waals surface area (Å²) in [6.07, 6.45) is 4.17. The molecule has 8 heteroatoms. The molecule has 0 bridgehead atoms. The van der Waals surface area contributed by atoms with Crippen LogP contribution in [0.2, 0.25) is 0 Å². The zero-order valence-corrected chi connectivity index (χ0v) is 16.0. The SMILES string of the molecule is COCCN1C[C@H](CNC(=O)N2CCN(Cc3cccnc3)CC2)CC1=O. The predicted molar refractivity (Wildman–Crippen MR) is 101 cm³/mol. The van der Waals surface area contributed by atoms with E-state index in [-0.39, 0.29) is 17.9 Å². The van der Waals surface area contributed by atoms with Gasteiger partial charge in [-0.2, -0.15) is 0 Å². The molecule has 27 heavy (non-hydrogen) atoms. The molecule has 1 aromatic heterocycles. The third-order valence-electron chi connectivity index (χ3n) is 5.19. The van der Waals surface area contributed by atoms with Gasteiger partial charge in [-0.3, -0.25) is 14.7 Å². The number of nitrogens with one attached hydrogen (secondary N) is 1. The molecular weight excluding hydrogens is 346 g/mol. The molecule has 8 nitrogen and oxygen atoms in total. The quantitative estimate of drug-likeness (QED) is 0.747. The van der Waals surface area contributed by atoms with Crippen molar-refractivity contribution in [3.63, 3.8) is 0 Å². The second-order valence-electron chi connectivity index (χ2n) is 7.21. The molecule has 2 saturated heterocycles. The number of aromatic nitrogens is 1. The maximum atomic E-state index is 12.4. The Balaban J connectivity index is 1.36. The first-order valence-corrected chi connectivity index (χ1v) is 9.56. The Hall–Kier alpha value is -2.19. The standard InChI is InChI=1S/C19H29N5O3/c1-27-10-9-24-15-17(11-18(24)25)13-21-19(26)23-7-5-22(6-8-23)14-16-3-2-4-20-12-16/h2-4,12,17H,5-11,13-15H2,1H3,(H,21,26)/t17-/m0/s1. The van der Waals surface area contributed by atoms with Gasteiger partial charge in [0.1, 0.15) is 0 Å². The van der Waals surface area contributed by atoms with Gasteiger partial charge in [0, 0.05) is 84.2 Å². The zero-order valence-electron chi connectivity index (χ0n) is 16.0. The number of ether oxygens (including phenoxy) is 1. The lowest BCUT2D eigenvalue weighted by molar-refractivity contribution is -0.128. The summed E-state index contributed by atoms with van der Waals surface area (Å²) in [4.78, 5) is 34.5. The highest BCUT2D eigenvalue weighted by molar-refractivity contribution is 5.79. The molecule has 1 N–H and O–H groups in total. The highest BCUT2D eigenvalue weighted by Crippen LogP contribution is 2.17. The largest absolute Gasteiger partial charge is 0.383 e. The summed E-state index contributed by atoms with van der Waals surface area (Å²) in [6, 6.07) is 3.99. The molecule has 2 fully saturated rings. The molecule has 3 amide bonds. The number of amides is 3. The molecule has 2 aliphatic rings. The van der Waals surface area contributed by atoms with Gasteiger partial charge in [-0.15, -0.1) is 0 Å². The van der Waals surface area contributed by atoms with Gasteiger partial charge < -0.3 is 19.9 Å². The van der Waals surface area contributed by atoms with Gasteiger partial charge in [0.25, 0.3) is 0 Å². The van der Waals surface area contributed by atoms with Crippen LogP contribution in [-0.2, 0) is 16.1 Å². The monoisotopic (exact) mass is 375 g/mol. The van der Waals surface area contributed by atoms with Crippen LogP contribution in [0.25, 0.3) is 0 Å². The Morgan fingerprint density at radius 1 is 1.33 bits per heavy atom. The van der Waals surface area contributed by atoms with E-state index in [4.69, 9.17) is 4.74 Å². The van der Waals surface area contributed by atoms with E-state index in [1.807, 2.05) is 22.1 Å². The number of carbonyl (C=O) groups is 2. The average Bonchev–Trinajstić information content (AvgIpc) is 3.05. The van der Waals surface area contributed by atoms with Crippen LogP contribution < -0.4 is 5.32 Å². The maximum absolute atomic E-state index is 12.4. The van der Waals surface area contributed by atoms with E-state index < -0.39 is 0 Å². The molecule has 1 aromatic rings. The Morgan fingerprint density at radius 2 is 2.15 bits per heavy atom. The summed E-state index contributed by atoms with van der Waals surface area (Å²) in [6.45, 7) is 6.43.